The van der Waals surface area contributed by atoms with Gasteiger partial charge in [-0.3, -0.25) is 0 Å². The smallest absolute Gasteiger partial charge is 0.213 e. The van der Waals surface area contributed by atoms with Crippen molar-refractivity contribution < 1.29 is 14.2 Å². The summed E-state index contributed by atoms with van der Waals surface area (Å²) in [5.74, 6) is 2.62. The van der Waals surface area contributed by atoms with Crippen molar-refractivity contribution in [2.45, 2.75) is 38.6 Å². The van der Waals surface area contributed by atoms with Gasteiger partial charge in [-0.2, -0.15) is 5.10 Å². The molecule has 158 valence electrons. The topological polar surface area (TPSA) is 43.3 Å². The zero-order valence-electron chi connectivity index (χ0n) is 18.0. The average Bonchev–Trinajstić information content (AvgIpc) is 3.24. The number of hydrazone groups is 1. The summed E-state index contributed by atoms with van der Waals surface area (Å²) in [6, 6.07) is 24.6. The van der Waals surface area contributed by atoms with Crippen LogP contribution in [0.5, 0.6) is 17.2 Å². The van der Waals surface area contributed by atoms with Crippen LogP contribution in [0.4, 0.5) is 0 Å². The maximum atomic E-state index is 6.41. The van der Waals surface area contributed by atoms with E-state index in [9.17, 15) is 0 Å². The molecule has 3 aromatic carbocycles. The van der Waals surface area contributed by atoms with Crippen LogP contribution >= 0.6 is 0 Å². The lowest BCUT2D eigenvalue weighted by Gasteiger charge is -2.38. The van der Waals surface area contributed by atoms with Gasteiger partial charge in [-0.05, 0) is 74.0 Å². The van der Waals surface area contributed by atoms with E-state index >= 15 is 0 Å². The maximum absolute atomic E-state index is 6.41. The van der Waals surface area contributed by atoms with Gasteiger partial charge in [0.05, 0.1) is 25.0 Å². The van der Waals surface area contributed by atoms with Crippen molar-refractivity contribution in [2.75, 3.05) is 7.11 Å². The van der Waals surface area contributed by atoms with Crippen molar-refractivity contribution in [3.8, 4) is 17.2 Å². The van der Waals surface area contributed by atoms with E-state index in [4.69, 9.17) is 19.3 Å². The molecule has 0 N–H and O–H groups in total. The summed E-state index contributed by atoms with van der Waals surface area (Å²) in [5, 5.41) is 7.12. The van der Waals surface area contributed by atoms with Gasteiger partial charge in [-0.1, -0.05) is 18.2 Å². The minimum absolute atomic E-state index is 0.138. The summed E-state index contributed by atoms with van der Waals surface area (Å²) in [4.78, 5) is 0. The lowest BCUT2D eigenvalue weighted by Crippen LogP contribution is -2.33. The van der Waals surface area contributed by atoms with Gasteiger partial charge in [0, 0.05) is 17.5 Å². The Kier molecular flexibility index (Phi) is 5.02. The Hall–Kier alpha value is -3.47. The van der Waals surface area contributed by atoms with Crippen LogP contribution in [0, 0.1) is 0 Å². The number of para-hydroxylation sites is 1. The second-order valence-corrected chi connectivity index (χ2v) is 8.12. The molecule has 0 aliphatic carbocycles. The highest BCUT2D eigenvalue weighted by molar-refractivity contribution is 6.02. The highest BCUT2D eigenvalue weighted by Crippen LogP contribution is 2.47. The monoisotopic (exact) mass is 414 g/mol. The molecule has 2 aliphatic rings. The van der Waals surface area contributed by atoms with Gasteiger partial charge in [0.2, 0.25) is 6.23 Å². The minimum atomic E-state index is -0.285. The Morgan fingerprint density at radius 2 is 1.65 bits per heavy atom. The lowest BCUT2D eigenvalue weighted by atomic mass is 9.96. The number of methoxy groups -OCH3 is 1. The number of benzene rings is 3. The molecule has 5 heteroatoms. The van der Waals surface area contributed by atoms with Gasteiger partial charge in [0.25, 0.3) is 0 Å². The molecular weight excluding hydrogens is 388 g/mol. The van der Waals surface area contributed by atoms with Crippen molar-refractivity contribution in [3.63, 3.8) is 0 Å². The predicted octanol–water partition coefficient (Wildman–Crippen LogP) is 5.72. The molecule has 0 saturated heterocycles. The molecule has 2 heterocycles. The van der Waals surface area contributed by atoms with Crippen molar-refractivity contribution in [1.82, 2.24) is 5.01 Å². The van der Waals surface area contributed by atoms with Crippen LogP contribution in [0.15, 0.2) is 77.9 Å². The van der Waals surface area contributed by atoms with E-state index in [0.717, 1.165) is 40.5 Å². The van der Waals surface area contributed by atoms with Crippen LogP contribution in [0.25, 0.3) is 0 Å². The molecule has 3 aromatic rings. The number of hydrogen-bond donors (Lipinski definition) is 0. The molecule has 0 aromatic heterocycles. The zero-order valence-corrected chi connectivity index (χ0v) is 18.0. The van der Waals surface area contributed by atoms with Crippen LogP contribution in [0.2, 0.25) is 0 Å². The Morgan fingerprint density at radius 3 is 2.35 bits per heavy atom. The largest absolute Gasteiger partial charge is 0.497 e. The van der Waals surface area contributed by atoms with E-state index < -0.39 is 0 Å². The number of hydrogen-bond acceptors (Lipinski definition) is 5. The Morgan fingerprint density at radius 1 is 0.935 bits per heavy atom. The van der Waals surface area contributed by atoms with Crippen molar-refractivity contribution in [1.29, 1.82) is 0 Å². The normalized spacial score (nSPS) is 19.4. The first-order valence-electron chi connectivity index (χ1n) is 10.6. The van der Waals surface area contributed by atoms with Crippen LogP contribution in [-0.4, -0.2) is 23.9 Å². The summed E-state index contributed by atoms with van der Waals surface area (Å²) >= 11 is 0. The van der Waals surface area contributed by atoms with Gasteiger partial charge in [-0.15, -0.1) is 0 Å². The predicted molar refractivity (Wildman–Crippen MR) is 121 cm³/mol. The average molecular weight is 415 g/mol. The molecule has 2 aliphatic heterocycles. The maximum Gasteiger partial charge on any atom is 0.213 e. The fourth-order valence-electron chi connectivity index (χ4n) is 4.20. The molecule has 0 unspecified atom stereocenters. The second kappa shape index (κ2) is 7.99. The van der Waals surface area contributed by atoms with E-state index in [1.54, 1.807) is 7.11 Å². The van der Waals surface area contributed by atoms with E-state index in [0.29, 0.717) is 0 Å². The fraction of sp³-hybridized carbons (Fsp3) is 0.269. The van der Waals surface area contributed by atoms with Crippen molar-refractivity contribution in [3.05, 3.63) is 89.5 Å². The molecule has 5 rings (SSSR count). The van der Waals surface area contributed by atoms with Gasteiger partial charge in [-0.25, -0.2) is 5.01 Å². The van der Waals surface area contributed by atoms with Crippen LogP contribution in [-0.2, 0) is 0 Å². The third-order valence-corrected chi connectivity index (χ3v) is 5.66. The summed E-state index contributed by atoms with van der Waals surface area (Å²) in [5.41, 5.74) is 4.38. The molecule has 0 bridgehead atoms. The molecule has 0 fully saturated rings. The van der Waals surface area contributed by atoms with Gasteiger partial charge in [0.15, 0.2) is 0 Å². The Balaban J connectivity index is 1.49. The lowest BCUT2D eigenvalue weighted by molar-refractivity contribution is -0.0190. The molecular formula is C26H26N2O3. The van der Waals surface area contributed by atoms with E-state index in [1.807, 2.05) is 62.4 Å². The Bertz CT molecular complexity index is 1090. The highest BCUT2D eigenvalue weighted by Gasteiger charge is 2.40. The van der Waals surface area contributed by atoms with Gasteiger partial charge in [0.1, 0.15) is 17.2 Å². The van der Waals surface area contributed by atoms with E-state index in [2.05, 4.69) is 29.3 Å². The summed E-state index contributed by atoms with van der Waals surface area (Å²) in [6.45, 7) is 4.06. The number of ether oxygens (including phenoxy) is 3. The zero-order chi connectivity index (χ0) is 21.4. The number of nitrogens with zero attached hydrogens (tertiary/aromatic N) is 2. The van der Waals surface area contributed by atoms with Crippen LogP contribution in [0.3, 0.4) is 0 Å². The van der Waals surface area contributed by atoms with Crippen molar-refractivity contribution in [2.24, 2.45) is 5.10 Å². The van der Waals surface area contributed by atoms with Crippen molar-refractivity contribution >= 4 is 5.71 Å². The summed E-state index contributed by atoms with van der Waals surface area (Å²) in [7, 11) is 1.67. The Labute approximate surface area is 182 Å². The van der Waals surface area contributed by atoms with Crippen LogP contribution < -0.4 is 14.2 Å². The minimum Gasteiger partial charge on any atom is -0.497 e. The van der Waals surface area contributed by atoms with E-state index in [-0.39, 0.29) is 18.4 Å². The number of fused-ring (bicyclic) bond motifs is 3. The molecule has 5 nitrogen and oxygen atoms in total. The van der Waals surface area contributed by atoms with Gasteiger partial charge < -0.3 is 14.2 Å². The first-order valence-corrected chi connectivity index (χ1v) is 10.6. The standard InChI is InChI=1S/C26H26N2O3/c1-17(2)30-21-14-8-18(9-15-21)23-16-24-22-6-4-5-7-25(22)31-26(28(24)27-23)19-10-12-20(29-3)13-11-19/h4-15,17,24,26H,16H2,1-3H3/t24-,26-/m1/s1. The number of rotatable bonds is 5. The van der Waals surface area contributed by atoms with Gasteiger partial charge >= 0.3 is 0 Å². The molecule has 0 radical (unpaired) electrons. The molecule has 0 amide bonds. The second-order valence-electron chi connectivity index (χ2n) is 8.12. The first kappa shape index (κ1) is 19.5. The molecule has 2 atom stereocenters. The quantitative estimate of drug-likeness (QED) is 0.535. The summed E-state index contributed by atoms with van der Waals surface area (Å²) in [6.07, 6.45) is 0.701. The van der Waals surface area contributed by atoms with Crippen LogP contribution in [0.1, 0.15) is 49.2 Å². The third kappa shape index (κ3) is 3.72. The molecule has 0 saturated carbocycles. The summed E-state index contributed by atoms with van der Waals surface area (Å²) < 4.78 is 17.5. The molecule has 0 spiro atoms. The highest BCUT2D eigenvalue weighted by atomic mass is 16.5. The SMILES string of the molecule is COc1ccc([C@H]2Oc3ccccc3[C@H]3CC(c4ccc(OC(C)C)cc4)=NN32)cc1. The fourth-order valence-corrected chi connectivity index (χ4v) is 4.20. The first-order chi connectivity index (χ1) is 15.1. The van der Waals surface area contributed by atoms with E-state index in [1.165, 1.54) is 5.56 Å². The molecule has 31 heavy (non-hydrogen) atoms. The third-order valence-electron chi connectivity index (χ3n) is 5.66.